The highest BCUT2D eigenvalue weighted by molar-refractivity contribution is 7.07. The number of aliphatic hydroxyl groups is 1. The van der Waals surface area contributed by atoms with Crippen molar-refractivity contribution in [1.29, 1.82) is 0 Å². The van der Waals surface area contributed by atoms with Crippen molar-refractivity contribution in [3.8, 4) is 0 Å². The summed E-state index contributed by atoms with van der Waals surface area (Å²) in [5.74, 6) is 0.837. The molecule has 0 bridgehead atoms. The summed E-state index contributed by atoms with van der Waals surface area (Å²) in [6.07, 6.45) is 9.69. The van der Waals surface area contributed by atoms with E-state index < -0.39 is 30.3 Å². The fourth-order valence-electron chi connectivity index (χ4n) is 10.4. The monoisotopic (exact) mass is 1100 g/mol. The van der Waals surface area contributed by atoms with Crippen LogP contribution in [0.25, 0.3) is 0 Å². The quantitative estimate of drug-likeness (QED) is 0.0730. The molecule has 0 unspecified atom stereocenters. The molecule has 0 saturated heterocycles. The first kappa shape index (κ1) is 59.3. The minimum Gasteiger partial charge on any atom is -0.460 e. The molecular weight excluding hydrogens is 1020 g/mol. The Morgan fingerprint density at radius 3 is 1.39 bits per heavy atom. The maximum atomic E-state index is 14.1. The second kappa shape index (κ2) is 25.6. The van der Waals surface area contributed by atoms with Crippen LogP contribution in [0.2, 0.25) is 5.04 Å². The number of carbonyl (C=O) groups excluding carboxylic acids is 2. The van der Waals surface area contributed by atoms with Gasteiger partial charge < -0.3 is 28.5 Å². The fourth-order valence-corrected chi connectivity index (χ4v) is 16.6. The molecule has 17 heteroatoms. The van der Waals surface area contributed by atoms with E-state index in [4.69, 9.17) is 38.3 Å². The van der Waals surface area contributed by atoms with Crippen molar-refractivity contribution in [2.45, 2.75) is 168 Å². The van der Waals surface area contributed by atoms with Gasteiger partial charge in [-0.05, 0) is 133 Å². The summed E-state index contributed by atoms with van der Waals surface area (Å²) >= 11 is 3.04. The Morgan fingerprint density at radius 2 is 1.01 bits per heavy atom. The van der Waals surface area contributed by atoms with Gasteiger partial charge in [0.2, 0.25) is 0 Å². The Kier molecular flexibility index (Phi) is 19.7. The molecule has 0 atom stereocenters. The fraction of sp³-hybridized carbons (Fsp3) is 0.500. The topological polar surface area (TPSA) is 161 Å². The van der Waals surface area contributed by atoms with Gasteiger partial charge in [0.15, 0.2) is 21.2 Å². The summed E-state index contributed by atoms with van der Waals surface area (Å²) in [5.41, 5.74) is -0.893. The van der Waals surface area contributed by atoms with Crippen LogP contribution in [0.3, 0.4) is 0 Å². The number of methoxy groups -OCH3 is 2. The van der Waals surface area contributed by atoms with Crippen molar-refractivity contribution in [1.82, 2.24) is 19.1 Å². The van der Waals surface area contributed by atoms with Crippen LogP contribution < -0.4 is 20.0 Å². The first-order chi connectivity index (χ1) is 36.6. The number of hydrogen-bond donors (Lipinski definition) is 1. The highest BCUT2D eigenvalue weighted by Gasteiger charge is 2.53. The summed E-state index contributed by atoms with van der Waals surface area (Å²) in [4.78, 5) is 47.9. The van der Waals surface area contributed by atoms with Gasteiger partial charge in [-0.25, -0.2) is 20.0 Å². The third-order valence-electron chi connectivity index (χ3n) is 14.1. The first-order valence-electron chi connectivity index (χ1n) is 26.8. The number of ether oxygens (including phenoxy) is 4. The molecule has 14 nitrogen and oxygen atoms in total. The lowest BCUT2D eigenvalue weighted by Gasteiger charge is -2.47. The lowest BCUT2D eigenvalue weighted by molar-refractivity contribution is -0.172. The molecule has 6 aromatic rings. The number of hydrogen-bond acceptors (Lipinski definition) is 14. The summed E-state index contributed by atoms with van der Waals surface area (Å²) in [5, 5.41) is 16.3. The van der Waals surface area contributed by atoms with Crippen molar-refractivity contribution in [3.05, 3.63) is 141 Å². The molecule has 4 heterocycles. The van der Waals surface area contributed by atoms with Crippen molar-refractivity contribution in [2.75, 3.05) is 14.2 Å². The van der Waals surface area contributed by atoms with Gasteiger partial charge in [-0.1, -0.05) is 93.6 Å². The van der Waals surface area contributed by atoms with Crippen LogP contribution in [-0.4, -0.2) is 82.1 Å². The van der Waals surface area contributed by atoms with Crippen LogP contribution in [0.5, 0.6) is 0 Å². The van der Waals surface area contributed by atoms with Crippen molar-refractivity contribution in [2.24, 2.45) is 20.8 Å². The normalized spacial score (nSPS) is 20.8. The summed E-state index contributed by atoms with van der Waals surface area (Å²) in [6, 6.07) is 33.1. The van der Waals surface area contributed by atoms with Crippen LogP contribution in [0.15, 0.2) is 130 Å². The molecule has 2 aliphatic rings. The van der Waals surface area contributed by atoms with Crippen LogP contribution in [0.1, 0.15) is 125 Å². The van der Waals surface area contributed by atoms with Gasteiger partial charge in [-0.15, -0.1) is 22.7 Å². The number of aliphatic hydroxyl groups excluding tert-OH is 1. The lowest BCUT2D eigenvalue weighted by Crippen LogP contribution is -2.68. The van der Waals surface area contributed by atoms with Crippen LogP contribution >= 0.6 is 22.7 Å². The van der Waals surface area contributed by atoms with Crippen LogP contribution in [0.4, 0.5) is 11.6 Å². The minimum absolute atomic E-state index is 0.0150. The Bertz CT molecular complexity index is 2950. The SMILES string of the molecule is COCn1ccsc1=Nc1cccc(CC2(C(=O)OC(C)(C)C)CCC(O)CC2)n1.COCn1ccsc1=Nc1cccc(CC2(C(=O)OC(C)(C)C)CCC(O[Si](c3ccccc3)(c3ccccc3)C(C)(C)C)CC2)n1. The predicted octanol–water partition coefficient (Wildman–Crippen LogP) is 10.8. The Labute approximate surface area is 464 Å². The highest BCUT2D eigenvalue weighted by atomic mass is 32.1. The zero-order chi connectivity index (χ0) is 55.5. The van der Waals surface area contributed by atoms with E-state index in [9.17, 15) is 14.7 Å². The molecular formula is C60H80N6O8S2Si. The number of benzene rings is 2. The molecule has 0 spiro atoms. The van der Waals surface area contributed by atoms with Crippen LogP contribution in [-0.2, 0) is 59.3 Å². The Hall–Kier alpha value is -5.40. The number of thiazole rings is 2. The van der Waals surface area contributed by atoms with Crippen molar-refractivity contribution >= 4 is 64.9 Å². The number of aromatic nitrogens is 4. The largest absolute Gasteiger partial charge is 0.460 e. The zero-order valence-electron chi connectivity index (χ0n) is 47.0. The van der Waals surface area contributed by atoms with Crippen molar-refractivity contribution in [3.63, 3.8) is 0 Å². The van der Waals surface area contributed by atoms with E-state index in [0.717, 1.165) is 33.8 Å². The highest BCUT2D eigenvalue weighted by Crippen LogP contribution is 2.46. The van der Waals surface area contributed by atoms with Gasteiger partial charge in [-0.3, -0.25) is 18.7 Å². The Balaban J connectivity index is 0.000000247. The molecule has 2 aliphatic carbocycles. The Morgan fingerprint density at radius 1 is 0.610 bits per heavy atom. The summed E-state index contributed by atoms with van der Waals surface area (Å²) in [6.45, 7) is 19.2. The van der Waals surface area contributed by atoms with Crippen LogP contribution in [0, 0.1) is 10.8 Å². The molecule has 2 fully saturated rings. The van der Waals surface area contributed by atoms with E-state index in [0.29, 0.717) is 76.5 Å². The molecule has 1 N–H and O–H groups in total. The summed E-state index contributed by atoms with van der Waals surface area (Å²) in [7, 11) is 0.585. The molecule has 2 saturated carbocycles. The molecule has 77 heavy (non-hydrogen) atoms. The zero-order valence-corrected chi connectivity index (χ0v) is 49.6. The van der Waals surface area contributed by atoms with Gasteiger partial charge in [-0.2, -0.15) is 0 Å². The standard InChI is InChI=1S/C38H49N3O4SSi.C22H31N3O4S/c1-36(2,3)44-34(42)38(27-29-15-14-20-33(39-29)40-35-41(28-43-7)25-26-46-35)23-21-30(22-24-38)45-47(37(4,5)6,31-16-10-8-11-17-31)32-18-12-9-13-19-32;1-21(2,3)29-19(27)22(10-8-17(26)9-11-22)14-16-6-5-7-18(23-16)24-20-25(15-28-4)12-13-30-20/h8-20,25-26,30H,21-24,27-28H2,1-7H3;5-7,12-13,17,26H,8-11,14-15H2,1-4H3. The molecule has 4 aromatic heterocycles. The number of carbonyl (C=O) groups is 2. The molecule has 0 amide bonds. The maximum absolute atomic E-state index is 14.1. The number of nitrogens with zero attached hydrogens (tertiary/aromatic N) is 6. The number of esters is 2. The smallest absolute Gasteiger partial charge is 0.312 e. The van der Waals surface area contributed by atoms with E-state index in [1.165, 1.54) is 33.0 Å². The predicted molar refractivity (Wildman–Crippen MR) is 307 cm³/mol. The second-order valence-electron chi connectivity index (χ2n) is 23.5. The van der Waals surface area contributed by atoms with Crippen molar-refractivity contribution < 1.29 is 38.1 Å². The average molecular weight is 1110 g/mol. The maximum Gasteiger partial charge on any atom is 0.312 e. The third-order valence-corrected chi connectivity index (χ3v) is 20.8. The van der Waals surface area contributed by atoms with Gasteiger partial charge >= 0.3 is 11.9 Å². The van der Waals surface area contributed by atoms with Gasteiger partial charge in [0, 0.05) is 67.7 Å². The minimum atomic E-state index is -2.72. The van der Waals surface area contributed by atoms with Gasteiger partial charge in [0.1, 0.15) is 24.7 Å². The molecule has 8 rings (SSSR count). The van der Waals surface area contributed by atoms with E-state index >= 15 is 0 Å². The number of pyridine rings is 2. The van der Waals surface area contributed by atoms with E-state index in [1.54, 1.807) is 14.2 Å². The van der Waals surface area contributed by atoms with Gasteiger partial charge in [0.05, 0.1) is 16.9 Å². The van der Waals surface area contributed by atoms with E-state index in [2.05, 4.69) is 86.4 Å². The first-order valence-corrected chi connectivity index (χ1v) is 30.4. The van der Waals surface area contributed by atoms with Gasteiger partial charge in [0.25, 0.3) is 8.32 Å². The lowest BCUT2D eigenvalue weighted by atomic mass is 9.70. The van der Waals surface area contributed by atoms with E-state index in [1.807, 2.05) is 110 Å². The van der Waals surface area contributed by atoms with E-state index in [-0.39, 0.29) is 29.2 Å². The molecule has 0 aliphatic heterocycles. The second-order valence-corrected chi connectivity index (χ2v) is 29.5. The average Bonchev–Trinajstić information content (AvgIpc) is 4.06. The molecule has 414 valence electrons. The molecule has 0 radical (unpaired) electrons. The third kappa shape index (κ3) is 15.5. The molecule has 2 aromatic carbocycles. The number of rotatable bonds is 16. The summed E-state index contributed by atoms with van der Waals surface area (Å²) < 4.78 is 33.7.